The maximum absolute atomic E-state index is 6.09. The van der Waals surface area contributed by atoms with Crippen molar-refractivity contribution < 1.29 is 0 Å². The highest BCUT2D eigenvalue weighted by Crippen LogP contribution is 2.24. The Kier molecular flexibility index (Phi) is 2.98. The van der Waals surface area contributed by atoms with Crippen LogP contribution in [0.4, 0.5) is 5.82 Å². The van der Waals surface area contributed by atoms with Crippen molar-refractivity contribution in [3.63, 3.8) is 0 Å². The molecular formula is C13H14ClN5. The first-order valence-corrected chi connectivity index (χ1v) is 6.69. The van der Waals surface area contributed by atoms with Crippen molar-refractivity contribution >= 4 is 34.1 Å². The van der Waals surface area contributed by atoms with E-state index in [9.17, 15) is 0 Å². The minimum Gasteiger partial charge on any atom is -0.367 e. The van der Waals surface area contributed by atoms with Gasteiger partial charge in [-0.25, -0.2) is 4.98 Å². The molecule has 98 valence electrons. The SMILES string of the molecule is CCNc1nc2ccc(Cl)cc2n2c(CC)nnc12. The third-order valence-electron chi connectivity index (χ3n) is 3.01. The number of benzene rings is 1. The topological polar surface area (TPSA) is 55.1 Å². The lowest BCUT2D eigenvalue weighted by molar-refractivity contribution is 0.921. The molecule has 0 amide bonds. The Hall–Kier alpha value is -1.88. The molecule has 0 spiro atoms. The van der Waals surface area contributed by atoms with E-state index in [2.05, 4.69) is 27.4 Å². The van der Waals surface area contributed by atoms with Crippen molar-refractivity contribution in [2.45, 2.75) is 20.3 Å². The third kappa shape index (κ3) is 1.90. The lowest BCUT2D eigenvalue weighted by Crippen LogP contribution is -2.04. The lowest BCUT2D eigenvalue weighted by atomic mass is 10.3. The number of fused-ring (bicyclic) bond motifs is 3. The molecule has 0 aliphatic rings. The van der Waals surface area contributed by atoms with Crippen molar-refractivity contribution in [2.24, 2.45) is 0 Å². The maximum Gasteiger partial charge on any atom is 0.204 e. The molecule has 2 aromatic heterocycles. The highest BCUT2D eigenvalue weighted by atomic mass is 35.5. The summed E-state index contributed by atoms with van der Waals surface area (Å²) in [7, 11) is 0. The molecule has 0 aliphatic carbocycles. The fraction of sp³-hybridized carbons (Fsp3) is 0.308. The fourth-order valence-electron chi connectivity index (χ4n) is 2.18. The van der Waals surface area contributed by atoms with Crippen LogP contribution < -0.4 is 5.32 Å². The van der Waals surface area contributed by atoms with Crippen molar-refractivity contribution in [1.29, 1.82) is 0 Å². The second kappa shape index (κ2) is 4.66. The monoisotopic (exact) mass is 275 g/mol. The Labute approximate surface area is 115 Å². The van der Waals surface area contributed by atoms with Crippen molar-refractivity contribution in [1.82, 2.24) is 19.6 Å². The van der Waals surface area contributed by atoms with E-state index in [1.165, 1.54) is 0 Å². The van der Waals surface area contributed by atoms with Crippen LogP contribution in [0.2, 0.25) is 5.02 Å². The number of nitrogens with one attached hydrogen (secondary N) is 1. The van der Waals surface area contributed by atoms with Gasteiger partial charge in [0.15, 0.2) is 5.82 Å². The van der Waals surface area contributed by atoms with Crippen LogP contribution >= 0.6 is 11.6 Å². The molecule has 3 aromatic rings. The summed E-state index contributed by atoms with van der Waals surface area (Å²) >= 11 is 6.09. The molecule has 6 heteroatoms. The van der Waals surface area contributed by atoms with Crippen LogP contribution in [-0.2, 0) is 6.42 Å². The number of rotatable bonds is 3. The first-order valence-electron chi connectivity index (χ1n) is 6.31. The molecule has 0 unspecified atom stereocenters. The van der Waals surface area contributed by atoms with Crippen molar-refractivity contribution in [2.75, 3.05) is 11.9 Å². The number of aromatic nitrogens is 4. The molecule has 1 aromatic carbocycles. The van der Waals surface area contributed by atoms with Gasteiger partial charge in [-0.3, -0.25) is 4.40 Å². The largest absolute Gasteiger partial charge is 0.367 e. The zero-order valence-corrected chi connectivity index (χ0v) is 11.6. The van der Waals surface area contributed by atoms with Crippen molar-refractivity contribution in [3.05, 3.63) is 29.0 Å². The molecule has 1 N–H and O–H groups in total. The van der Waals surface area contributed by atoms with Gasteiger partial charge in [-0.2, -0.15) is 0 Å². The lowest BCUT2D eigenvalue weighted by Gasteiger charge is -2.08. The van der Waals surface area contributed by atoms with Crippen LogP contribution in [0.3, 0.4) is 0 Å². The van der Waals surface area contributed by atoms with Crippen LogP contribution in [0.15, 0.2) is 18.2 Å². The zero-order valence-electron chi connectivity index (χ0n) is 10.8. The Balaban J connectivity index is 2.45. The first kappa shape index (κ1) is 12.2. The summed E-state index contributed by atoms with van der Waals surface area (Å²) in [6, 6.07) is 5.65. The molecule has 0 radical (unpaired) electrons. The number of hydrogen-bond donors (Lipinski definition) is 1. The van der Waals surface area contributed by atoms with E-state index in [0.717, 1.165) is 41.3 Å². The molecule has 19 heavy (non-hydrogen) atoms. The van der Waals surface area contributed by atoms with Gasteiger partial charge in [0.25, 0.3) is 0 Å². The summed E-state index contributed by atoms with van der Waals surface area (Å²) < 4.78 is 2.02. The molecule has 0 saturated carbocycles. The van der Waals surface area contributed by atoms with E-state index >= 15 is 0 Å². The Morgan fingerprint density at radius 3 is 2.84 bits per heavy atom. The molecule has 2 heterocycles. The van der Waals surface area contributed by atoms with E-state index < -0.39 is 0 Å². The standard InChI is InChI=1S/C13H14ClN5/c1-3-11-17-18-13-12(15-4-2)16-9-6-5-8(14)7-10(9)19(11)13/h5-7H,3-4H2,1-2H3,(H,15,16). The molecular weight excluding hydrogens is 262 g/mol. The van der Waals surface area contributed by atoms with Gasteiger partial charge in [0.05, 0.1) is 11.0 Å². The number of anilines is 1. The van der Waals surface area contributed by atoms with Gasteiger partial charge in [0.1, 0.15) is 5.82 Å². The van der Waals surface area contributed by atoms with Crippen LogP contribution in [0.1, 0.15) is 19.7 Å². The van der Waals surface area contributed by atoms with Crippen molar-refractivity contribution in [3.8, 4) is 0 Å². The smallest absolute Gasteiger partial charge is 0.204 e. The molecule has 0 bridgehead atoms. The minimum absolute atomic E-state index is 0.683. The third-order valence-corrected chi connectivity index (χ3v) is 3.25. The predicted molar refractivity (Wildman–Crippen MR) is 76.8 cm³/mol. The van der Waals surface area contributed by atoms with Gasteiger partial charge in [0.2, 0.25) is 5.65 Å². The van der Waals surface area contributed by atoms with Gasteiger partial charge in [-0.1, -0.05) is 18.5 Å². The summed E-state index contributed by atoms with van der Waals surface area (Å²) in [5, 5.41) is 12.4. The summed E-state index contributed by atoms with van der Waals surface area (Å²) in [5.41, 5.74) is 2.56. The number of hydrogen-bond acceptors (Lipinski definition) is 4. The van der Waals surface area contributed by atoms with Crippen LogP contribution in [0.5, 0.6) is 0 Å². The van der Waals surface area contributed by atoms with Gasteiger partial charge in [-0.05, 0) is 25.1 Å². The number of nitrogens with zero attached hydrogens (tertiary/aromatic N) is 4. The maximum atomic E-state index is 6.09. The van der Waals surface area contributed by atoms with Crippen LogP contribution in [-0.4, -0.2) is 26.1 Å². The summed E-state index contributed by atoms with van der Waals surface area (Å²) in [4.78, 5) is 4.59. The second-order valence-corrected chi connectivity index (χ2v) is 4.69. The Bertz CT molecular complexity index is 749. The number of halogens is 1. The fourth-order valence-corrected chi connectivity index (χ4v) is 2.35. The van der Waals surface area contributed by atoms with Crippen LogP contribution in [0.25, 0.3) is 16.7 Å². The average Bonchev–Trinajstić information content (AvgIpc) is 2.84. The predicted octanol–water partition coefficient (Wildman–Crippen LogP) is 2.93. The molecule has 5 nitrogen and oxygen atoms in total. The average molecular weight is 276 g/mol. The van der Waals surface area contributed by atoms with Gasteiger partial charge in [0, 0.05) is 18.0 Å². The summed E-state index contributed by atoms with van der Waals surface area (Å²) in [6.45, 7) is 4.87. The molecule has 0 fully saturated rings. The van der Waals surface area contributed by atoms with E-state index in [-0.39, 0.29) is 0 Å². The second-order valence-electron chi connectivity index (χ2n) is 4.25. The highest BCUT2D eigenvalue weighted by Gasteiger charge is 2.13. The molecule has 0 aliphatic heterocycles. The van der Waals surface area contributed by atoms with E-state index in [1.807, 2.05) is 29.5 Å². The minimum atomic E-state index is 0.683. The normalized spacial score (nSPS) is 11.3. The Morgan fingerprint density at radius 2 is 2.11 bits per heavy atom. The van der Waals surface area contributed by atoms with Gasteiger partial charge >= 0.3 is 0 Å². The van der Waals surface area contributed by atoms with Gasteiger partial charge in [-0.15, -0.1) is 10.2 Å². The number of aryl methyl sites for hydroxylation is 1. The van der Waals surface area contributed by atoms with E-state index in [4.69, 9.17) is 11.6 Å². The highest BCUT2D eigenvalue weighted by molar-refractivity contribution is 6.31. The van der Waals surface area contributed by atoms with E-state index in [0.29, 0.717) is 5.02 Å². The molecule has 3 rings (SSSR count). The summed E-state index contributed by atoms with van der Waals surface area (Å²) in [5.74, 6) is 1.66. The van der Waals surface area contributed by atoms with Crippen LogP contribution in [0, 0.1) is 0 Å². The molecule has 0 saturated heterocycles. The summed E-state index contributed by atoms with van der Waals surface area (Å²) in [6.07, 6.45) is 0.804. The van der Waals surface area contributed by atoms with E-state index in [1.54, 1.807) is 0 Å². The first-order chi connectivity index (χ1) is 9.24. The quantitative estimate of drug-likeness (QED) is 0.798. The Morgan fingerprint density at radius 1 is 1.26 bits per heavy atom. The van der Waals surface area contributed by atoms with Gasteiger partial charge < -0.3 is 5.32 Å². The molecule has 0 atom stereocenters. The zero-order chi connectivity index (χ0) is 13.4.